The SMILES string of the molecule is Cc1cccc(-c2c(-c3nn(C(C)C)c4ccnc(N)c34)noc2C2CC2)n1. The predicted molar refractivity (Wildman–Crippen MR) is 108 cm³/mol. The van der Waals surface area contributed by atoms with Crippen molar-refractivity contribution in [3.05, 3.63) is 41.9 Å². The number of fused-ring (bicyclic) bond motifs is 1. The van der Waals surface area contributed by atoms with Crippen molar-refractivity contribution in [2.75, 3.05) is 5.73 Å². The van der Waals surface area contributed by atoms with Crippen LogP contribution in [-0.4, -0.2) is 24.9 Å². The molecule has 0 bridgehead atoms. The number of nitrogen functional groups attached to an aromatic ring is 1. The van der Waals surface area contributed by atoms with E-state index < -0.39 is 0 Å². The fraction of sp³-hybridized carbons (Fsp3) is 0.333. The molecule has 0 aliphatic heterocycles. The molecule has 28 heavy (non-hydrogen) atoms. The van der Waals surface area contributed by atoms with Gasteiger partial charge in [-0.05, 0) is 51.8 Å². The van der Waals surface area contributed by atoms with E-state index in [4.69, 9.17) is 20.3 Å². The van der Waals surface area contributed by atoms with Gasteiger partial charge in [0.15, 0.2) is 0 Å². The fourth-order valence-electron chi connectivity index (χ4n) is 3.69. The lowest BCUT2D eigenvalue weighted by Crippen LogP contribution is -2.02. The average Bonchev–Trinajstić information content (AvgIpc) is 3.28. The second-order valence-corrected chi connectivity index (χ2v) is 7.69. The van der Waals surface area contributed by atoms with Crippen LogP contribution in [0.25, 0.3) is 33.5 Å². The maximum atomic E-state index is 6.26. The third-order valence-electron chi connectivity index (χ3n) is 5.17. The van der Waals surface area contributed by atoms with E-state index >= 15 is 0 Å². The van der Waals surface area contributed by atoms with Crippen LogP contribution in [0.5, 0.6) is 0 Å². The van der Waals surface area contributed by atoms with Crippen LogP contribution in [0, 0.1) is 6.92 Å². The van der Waals surface area contributed by atoms with Crippen molar-refractivity contribution in [3.63, 3.8) is 0 Å². The van der Waals surface area contributed by atoms with Crippen LogP contribution >= 0.6 is 0 Å². The summed E-state index contributed by atoms with van der Waals surface area (Å²) < 4.78 is 7.79. The van der Waals surface area contributed by atoms with Crippen molar-refractivity contribution in [2.45, 2.75) is 45.6 Å². The molecule has 1 aliphatic rings. The van der Waals surface area contributed by atoms with Gasteiger partial charge in [0.1, 0.15) is 23.0 Å². The summed E-state index contributed by atoms with van der Waals surface area (Å²) in [4.78, 5) is 9.02. The molecule has 2 N–H and O–H groups in total. The quantitative estimate of drug-likeness (QED) is 0.565. The molecule has 1 aliphatic carbocycles. The van der Waals surface area contributed by atoms with Gasteiger partial charge in [-0.2, -0.15) is 5.10 Å². The minimum absolute atomic E-state index is 0.174. The van der Waals surface area contributed by atoms with Crippen molar-refractivity contribution in [1.29, 1.82) is 0 Å². The number of rotatable bonds is 4. The normalized spacial score (nSPS) is 14.3. The minimum atomic E-state index is 0.174. The lowest BCUT2D eigenvalue weighted by Gasteiger charge is -2.06. The molecule has 0 aromatic carbocycles. The molecule has 7 nitrogen and oxygen atoms in total. The molecule has 0 saturated heterocycles. The summed E-state index contributed by atoms with van der Waals surface area (Å²) in [5, 5.41) is 10.1. The van der Waals surface area contributed by atoms with E-state index in [1.54, 1.807) is 6.20 Å². The molecule has 5 rings (SSSR count). The molecule has 4 aromatic heterocycles. The summed E-state index contributed by atoms with van der Waals surface area (Å²) in [6, 6.07) is 8.10. The number of nitrogens with zero attached hydrogens (tertiary/aromatic N) is 5. The molecule has 0 atom stereocenters. The van der Waals surface area contributed by atoms with E-state index in [9.17, 15) is 0 Å². The topological polar surface area (TPSA) is 95.7 Å². The maximum absolute atomic E-state index is 6.26. The summed E-state index contributed by atoms with van der Waals surface area (Å²) in [6.07, 6.45) is 3.93. The molecule has 7 heteroatoms. The Morgan fingerprint density at radius 2 is 2.00 bits per heavy atom. The van der Waals surface area contributed by atoms with Crippen LogP contribution < -0.4 is 5.73 Å². The number of aryl methyl sites for hydroxylation is 1. The standard InChI is InChI=1S/C21H22N6O/c1-11(2)27-15-9-10-23-21(22)17(15)18(25-27)19-16(14-6-4-5-12(3)24-14)20(28-26-19)13-7-8-13/h4-6,9-11,13H,7-8H2,1-3H3,(H2,22,23). The summed E-state index contributed by atoms with van der Waals surface area (Å²) in [7, 11) is 0. The van der Waals surface area contributed by atoms with Gasteiger partial charge in [-0.15, -0.1) is 0 Å². The Labute approximate surface area is 162 Å². The highest BCUT2D eigenvalue weighted by Crippen LogP contribution is 2.48. The lowest BCUT2D eigenvalue weighted by atomic mass is 10.0. The van der Waals surface area contributed by atoms with Crippen molar-refractivity contribution in [3.8, 4) is 22.6 Å². The summed E-state index contributed by atoms with van der Waals surface area (Å²) in [5.74, 6) is 1.73. The van der Waals surface area contributed by atoms with E-state index in [1.165, 1.54) is 0 Å². The lowest BCUT2D eigenvalue weighted by molar-refractivity contribution is 0.386. The van der Waals surface area contributed by atoms with Crippen molar-refractivity contribution in [2.24, 2.45) is 0 Å². The number of hydrogen-bond acceptors (Lipinski definition) is 6. The Bertz CT molecular complexity index is 1190. The van der Waals surface area contributed by atoms with Crippen molar-refractivity contribution < 1.29 is 4.52 Å². The van der Waals surface area contributed by atoms with E-state index in [0.29, 0.717) is 23.1 Å². The van der Waals surface area contributed by atoms with Gasteiger partial charge in [-0.25, -0.2) is 4.98 Å². The highest BCUT2D eigenvalue weighted by Gasteiger charge is 2.35. The molecule has 0 spiro atoms. The second-order valence-electron chi connectivity index (χ2n) is 7.69. The van der Waals surface area contributed by atoms with Crippen LogP contribution in [0.2, 0.25) is 0 Å². The minimum Gasteiger partial charge on any atom is -0.383 e. The largest absolute Gasteiger partial charge is 0.383 e. The van der Waals surface area contributed by atoms with Gasteiger partial charge in [-0.3, -0.25) is 9.67 Å². The molecule has 142 valence electrons. The third kappa shape index (κ3) is 2.58. The number of aromatic nitrogens is 5. The Hall–Kier alpha value is -3.22. The first kappa shape index (κ1) is 16.9. The smallest absolute Gasteiger partial charge is 0.149 e. The second kappa shape index (κ2) is 6.15. The van der Waals surface area contributed by atoms with Crippen molar-refractivity contribution >= 4 is 16.7 Å². The molecule has 4 heterocycles. The molecule has 0 unspecified atom stereocenters. The zero-order valence-corrected chi connectivity index (χ0v) is 16.2. The molecule has 4 aromatic rings. The maximum Gasteiger partial charge on any atom is 0.149 e. The summed E-state index contributed by atoms with van der Waals surface area (Å²) in [5.41, 5.74) is 11.3. The zero-order valence-electron chi connectivity index (χ0n) is 16.2. The zero-order chi connectivity index (χ0) is 19.4. The predicted octanol–water partition coefficient (Wildman–Crippen LogP) is 4.50. The fourth-order valence-corrected chi connectivity index (χ4v) is 3.69. The molecular formula is C21H22N6O. The van der Waals surface area contributed by atoms with Crippen LogP contribution in [0.1, 0.15) is 50.1 Å². The Balaban J connectivity index is 1.82. The van der Waals surface area contributed by atoms with E-state index in [0.717, 1.165) is 46.5 Å². The Kier molecular flexibility index (Phi) is 3.72. The number of pyridine rings is 2. The highest BCUT2D eigenvalue weighted by atomic mass is 16.5. The first-order valence-corrected chi connectivity index (χ1v) is 9.61. The van der Waals surface area contributed by atoms with Crippen molar-refractivity contribution in [1.82, 2.24) is 24.9 Å². The van der Waals surface area contributed by atoms with Gasteiger partial charge in [-0.1, -0.05) is 11.2 Å². The van der Waals surface area contributed by atoms with Gasteiger partial charge in [0.2, 0.25) is 0 Å². The first-order valence-electron chi connectivity index (χ1n) is 9.61. The monoisotopic (exact) mass is 374 g/mol. The molecular weight excluding hydrogens is 352 g/mol. The van der Waals surface area contributed by atoms with Crippen LogP contribution in [0.3, 0.4) is 0 Å². The van der Waals surface area contributed by atoms with Gasteiger partial charge in [0.05, 0.1) is 22.2 Å². The van der Waals surface area contributed by atoms with E-state index in [2.05, 4.69) is 24.0 Å². The van der Waals surface area contributed by atoms with E-state index in [-0.39, 0.29) is 6.04 Å². The Morgan fingerprint density at radius 1 is 1.18 bits per heavy atom. The highest BCUT2D eigenvalue weighted by molar-refractivity contribution is 6.02. The average molecular weight is 374 g/mol. The van der Waals surface area contributed by atoms with Gasteiger partial charge in [0.25, 0.3) is 0 Å². The molecule has 1 fully saturated rings. The molecule has 0 radical (unpaired) electrons. The summed E-state index contributed by atoms with van der Waals surface area (Å²) in [6.45, 7) is 6.17. The number of hydrogen-bond donors (Lipinski definition) is 1. The van der Waals surface area contributed by atoms with Gasteiger partial charge < -0.3 is 10.3 Å². The van der Waals surface area contributed by atoms with Crippen LogP contribution in [0.15, 0.2) is 35.0 Å². The third-order valence-corrected chi connectivity index (χ3v) is 5.17. The van der Waals surface area contributed by atoms with Gasteiger partial charge >= 0.3 is 0 Å². The number of nitrogens with two attached hydrogens (primary N) is 1. The van der Waals surface area contributed by atoms with Crippen LogP contribution in [-0.2, 0) is 0 Å². The molecule has 0 amide bonds. The van der Waals surface area contributed by atoms with E-state index in [1.807, 2.05) is 35.9 Å². The van der Waals surface area contributed by atoms with Crippen LogP contribution in [0.4, 0.5) is 5.82 Å². The Morgan fingerprint density at radius 3 is 2.71 bits per heavy atom. The molecule has 1 saturated carbocycles. The first-order chi connectivity index (χ1) is 13.5. The summed E-state index contributed by atoms with van der Waals surface area (Å²) >= 11 is 0. The number of anilines is 1. The van der Waals surface area contributed by atoms with Gasteiger partial charge in [0, 0.05) is 23.9 Å².